The van der Waals surface area contributed by atoms with Crippen molar-refractivity contribution < 1.29 is 20.2 Å². The van der Waals surface area contributed by atoms with Crippen molar-refractivity contribution in [1.82, 2.24) is 0 Å². The Morgan fingerprint density at radius 2 is 1.81 bits per heavy atom. The summed E-state index contributed by atoms with van der Waals surface area (Å²) in [6, 6.07) is 22.4. The van der Waals surface area contributed by atoms with Crippen LogP contribution in [-0.2, 0) is 6.61 Å². The molecule has 0 unspecified atom stereocenters. The maximum absolute atomic E-state index is 9.13. The van der Waals surface area contributed by atoms with Gasteiger partial charge in [0.05, 0.1) is 5.56 Å². The summed E-state index contributed by atoms with van der Waals surface area (Å²) in [4.78, 5) is 0. The number of rotatable bonds is 6. The van der Waals surface area contributed by atoms with E-state index in [0.717, 1.165) is 22.3 Å². The van der Waals surface area contributed by atoms with Gasteiger partial charge in [-0.25, -0.2) is 5.21 Å². The summed E-state index contributed by atoms with van der Waals surface area (Å²) in [6.07, 6.45) is 0. The zero-order valence-corrected chi connectivity index (χ0v) is 14.3. The first kappa shape index (κ1) is 17.5. The fraction of sp³-hybridized carbons (Fsp3) is 0.0952. The number of para-hydroxylation sites is 1. The molecule has 0 aliphatic heterocycles. The zero-order chi connectivity index (χ0) is 18.4. The summed E-state index contributed by atoms with van der Waals surface area (Å²) in [5, 5.41) is 18.2. The number of benzene rings is 3. The van der Waals surface area contributed by atoms with Crippen LogP contribution in [0.4, 0.5) is 5.69 Å². The lowest BCUT2D eigenvalue weighted by Crippen LogP contribution is -2.74. The number of hydrogen-bond donors (Lipinski definition) is 2. The van der Waals surface area contributed by atoms with E-state index < -0.39 is 0 Å². The van der Waals surface area contributed by atoms with Crippen molar-refractivity contribution in [2.45, 2.75) is 13.5 Å². The minimum atomic E-state index is 0.341. The van der Waals surface area contributed by atoms with Gasteiger partial charge in [0.1, 0.15) is 29.9 Å². The molecule has 26 heavy (non-hydrogen) atoms. The van der Waals surface area contributed by atoms with Gasteiger partial charge in [-0.3, -0.25) is 0 Å². The Morgan fingerprint density at radius 1 is 1.00 bits per heavy atom. The molecular weight excluding hydrogens is 328 g/mol. The van der Waals surface area contributed by atoms with Gasteiger partial charge < -0.3 is 9.47 Å². The van der Waals surface area contributed by atoms with E-state index >= 15 is 0 Å². The van der Waals surface area contributed by atoms with E-state index in [2.05, 4.69) is 6.07 Å². The van der Waals surface area contributed by atoms with Crippen molar-refractivity contribution in [2.75, 3.05) is 0 Å². The van der Waals surface area contributed by atoms with Gasteiger partial charge in [-0.05, 0) is 48.9 Å². The van der Waals surface area contributed by atoms with Crippen LogP contribution in [0.3, 0.4) is 0 Å². The molecule has 3 aromatic carbocycles. The Bertz CT molecular complexity index is 948. The highest BCUT2D eigenvalue weighted by Gasteiger charge is 2.06. The van der Waals surface area contributed by atoms with Crippen LogP contribution in [0.2, 0.25) is 0 Å². The van der Waals surface area contributed by atoms with E-state index in [-0.39, 0.29) is 0 Å². The van der Waals surface area contributed by atoms with E-state index in [4.69, 9.17) is 19.9 Å². The summed E-state index contributed by atoms with van der Waals surface area (Å²) >= 11 is 0. The van der Waals surface area contributed by atoms with Crippen LogP contribution in [0.15, 0.2) is 66.7 Å². The van der Waals surface area contributed by atoms with Crippen molar-refractivity contribution in [3.05, 3.63) is 83.4 Å². The molecule has 0 aliphatic carbocycles. The first-order valence-corrected chi connectivity index (χ1v) is 8.16. The normalized spacial score (nSPS) is 10.2. The van der Waals surface area contributed by atoms with Crippen LogP contribution < -0.4 is 15.0 Å². The quantitative estimate of drug-likeness (QED) is 0.525. The number of nitrogens with zero attached hydrogens (tertiary/aromatic N) is 1. The number of nitriles is 1. The van der Waals surface area contributed by atoms with Gasteiger partial charge >= 0.3 is 0 Å². The van der Waals surface area contributed by atoms with Gasteiger partial charge in [-0.2, -0.15) is 10.7 Å². The molecule has 0 radical (unpaired) electrons. The molecule has 0 heterocycles. The predicted molar refractivity (Wildman–Crippen MR) is 96.6 cm³/mol. The molecule has 0 atom stereocenters. The minimum Gasteiger partial charge on any atom is -0.488 e. The summed E-state index contributed by atoms with van der Waals surface area (Å²) in [6.45, 7) is 2.25. The maximum Gasteiger partial charge on any atom is 0.164 e. The molecule has 0 aliphatic rings. The lowest BCUT2D eigenvalue weighted by molar-refractivity contribution is -0.826. The van der Waals surface area contributed by atoms with Crippen molar-refractivity contribution in [3.63, 3.8) is 0 Å². The first-order chi connectivity index (χ1) is 12.7. The fourth-order valence-corrected chi connectivity index (χ4v) is 2.54. The number of ether oxygens (including phenoxy) is 2. The lowest BCUT2D eigenvalue weighted by atomic mass is 10.2. The van der Waals surface area contributed by atoms with E-state index in [1.807, 2.05) is 49.4 Å². The smallest absolute Gasteiger partial charge is 0.164 e. The monoisotopic (exact) mass is 347 g/mol. The average molecular weight is 347 g/mol. The summed E-state index contributed by atoms with van der Waals surface area (Å²) in [7, 11) is 0. The Balaban J connectivity index is 1.70. The van der Waals surface area contributed by atoms with Gasteiger partial charge in [0.25, 0.3) is 0 Å². The van der Waals surface area contributed by atoms with Crippen LogP contribution in [0, 0.1) is 18.3 Å². The largest absolute Gasteiger partial charge is 0.488 e. The minimum absolute atomic E-state index is 0.341. The van der Waals surface area contributed by atoms with Gasteiger partial charge in [-0.1, -0.05) is 24.3 Å². The molecule has 0 saturated carbocycles. The van der Waals surface area contributed by atoms with Crippen LogP contribution in [0.25, 0.3) is 0 Å². The van der Waals surface area contributed by atoms with E-state index in [9.17, 15) is 0 Å². The Labute approximate surface area is 152 Å². The lowest BCUT2D eigenvalue weighted by Gasteiger charge is -2.10. The van der Waals surface area contributed by atoms with Crippen molar-refractivity contribution in [2.24, 2.45) is 0 Å². The molecule has 0 spiro atoms. The topological polar surface area (TPSA) is 79.1 Å². The maximum atomic E-state index is 9.13. The van der Waals surface area contributed by atoms with E-state index in [0.29, 0.717) is 29.4 Å². The molecule has 0 saturated heterocycles. The van der Waals surface area contributed by atoms with Gasteiger partial charge in [0.15, 0.2) is 5.69 Å². The zero-order valence-electron chi connectivity index (χ0n) is 14.3. The molecule has 3 rings (SSSR count). The van der Waals surface area contributed by atoms with Crippen LogP contribution in [-0.4, -0.2) is 5.21 Å². The molecule has 0 amide bonds. The molecule has 5 heteroatoms. The Morgan fingerprint density at radius 3 is 2.58 bits per heavy atom. The first-order valence-electron chi connectivity index (χ1n) is 8.16. The van der Waals surface area contributed by atoms with Gasteiger partial charge in [0, 0.05) is 11.6 Å². The summed E-state index contributed by atoms with van der Waals surface area (Å²) < 4.78 is 11.7. The third-order valence-electron chi connectivity index (χ3n) is 3.92. The van der Waals surface area contributed by atoms with Crippen molar-refractivity contribution in [1.29, 1.82) is 5.26 Å². The highest BCUT2D eigenvalue weighted by atomic mass is 16.5. The third-order valence-corrected chi connectivity index (χ3v) is 3.92. The molecule has 3 aromatic rings. The third kappa shape index (κ3) is 4.19. The second-order valence-corrected chi connectivity index (χ2v) is 5.79. The molecule has 3 N–H and O–H groups in total. The number of quaternary nitrogens is 1. The second kappa shape index (κ2) is 8.17. The highest BCUT2D eigenvalue weighted by Crippen LogP contribution is 2.26. The van der Waals surface area contributed by atoms with Crippen LogP contribution >= 0.6 is 0 Å². The number of nitrogens with two attached hydrogens (primary N) is 1. The number of aryl methyl sites for hydroxylation is 1. The molecular formula is C21H19N2O3+. The molecule has 0 bridgehead atoms. The van der Waals surface area contributed by atoms with Crippen LogP contribution in [0.1, 0.15) is 16.7 Å². The molecule has 0 fully saturated rings. The van der Waals surface area contributed by atoms with Crippen molar-refractivity contribution >= 4 is 5.69 Å². The SMILES string of the molecule is Cc1cc(Oc2cccc(COc3ccccc3C#N)c2)ccc1[NH2+]O. The van der Waals surface area contributed by atoms with E-state index in [1.54, 1.807) is 24.3 Å². The van der Waals surface area contributed by atoms with E-state index in [1.165, 1.54) is 0 Å². The van der Waals surface area contributed by atoms with Gasteiger partial charge in [-0.15, -0.1) is 0 Å². The highest BCUT2D eigenvalue weighted by molar-refractivity contribution is 5.45. The predicted octanol–water partition coefficient (Wildman–Crippen LogP) is 3.82. The van der Waals surface area contributed by atoms with Gasteiger partial charge in [0.2, 0.25) is 0 Å². The molecule has 130 valence electrons. The Kier molecular flexibility index (Phi) is 5.49. The Hall–Kier alpha value is -3.33. The van der Waals surface area contributed by atoms with Crippen molar-refractivity contribution in [3.8, 4) is 23.3 Å². The van der Waals surface area contributed by atoms with Crippen LogP contribution in [0.5, 0.6) is 17.2 Å². The average Bonchev–Trinajstić information content (AvgIpc) is 2.67. The standard InChI is InChI=1S/C21H18N2O3/c1-15-11-19(9-10-20(15)23-24)26-18-7-4-5-16(12-18)14-25-21-8-3-2-6-17(21)13-22/h2-12,23-24H,14H2,1H3/p+1. The molecule has 0 aromatic heterocycles. The fourth-order valence-electron chi connectivity index (χ4n) is 2.54. The summed E-state index contributed by atoms with van der Waals surface area (Å²) in [5.41, 5.74) is 4.22. The number of hydrogen-bond acceptors (Lipinski definition) is 4. The molecule has 5 nitrogen and oxygen atoms in total. The second-order valence-electron chi connectivity index (χ2n) is 5.79. The summed E-state index contributed by atoms with van der Waals surface area (Å²) in [5.74, 6) is 1.95.